The molecular formula is C29H33N3O5S. The Morgan fingerprint density at radius 2 is 1.58 bits per heavy atom. The maximum Gasteiger partial charge on any atom is 0.247 e. The minimum absolute atomic E-state index is 0.0753. The maximum absolute atomic E-state index is 13.6. The summed E-state index contributed by atoms with van der Waals surface area (Å²) < 4.78 is 33.9. The van der Waals surface area contributed by atoms with Crippen LogP contribution in [0.3, 0.4) is 0 Å². The second-order valence-corrected chi connectivity index (χ2v) is 11.8. The molecule has 1 saturated carbocycles. The second kappa shape index (κ2) is 11.6. The first-order chi connectivity index (χ1) is 18.4. The fourth-order valence-corrected chi connectivity index (χ4v) is 6.57. The third-order valence-electron chi connectivity index (χ3n) is 7.28. The van der Waals surface area contributed by atoms with E-state index in [1.54, 1.807) is 36.4 Å². The van der Waals surface area contributed by atoms with Gasteiger partial charge in [0.1, 0.15) is 6.04 Å². The standard InChI is InChI=1S/C29H33N3O5S/c33-28(21-11-5-2-6-12-21)31-26(17-20-9-3-1-4-10-20)29(34)30-25-15-7-14-24-23(25)13-8-16-27(24)38(35,36)32-22-18-37-19-22/h1,3-4,7-10,13-16,21-22,26,32H,2,5-6,11-12,17-19H2,(H,30,34)(H,31,33)/t26-/m0/s1. The van der Waals surface area contributed by atoms with Gasteiger partial charge in [-0.25, -0.2) is 13.1 Å². The molecule has 0 spiro atoms. The zero-order chi connectivity index (χ0) is 26.5. The Bertz CT molecular complexity index is 1400. The minimum Gasteiger partial charge on any atom is -0.378 e. The fourth-order valence-electron chi connectivity index (χ4n) is 5.14. The molecule has 1 aliphatic carbocycles. The molecule has 0 aromatic heterocycles. The van der Waals surface area contributed by atoms with Crippen molar-refractivity contribution in [3.8, 4) is 0 Å². The van der Waals surface area contributed by atoms with Crippen LogP contribution in [-0.4, -0.2) is 45.5 Å². The lowest BCUT2D eigenvalue weighted by Crippen LogP contribution is -2.48. The van der Waals surface area contributed by atoms with Gasteiger partial charge in [-0.2, -0.15) is 0 Å². The number of benzene rings is 3. The van der Waals surface area contributed by atoms with E-state index in [1.165, 1.54) is 0 Å². The summed E-state index contributed by atoms with van der Waals surface area (Å²) in [6.45, 7) is 0.696. The van der Waals surface area contributed by atoms with Crippen LogP contribution >= 0.6 is 0 Å². The van der Waals surface area contributed by atoms with Crippen molar-refractivity contribution in [3.05, 3.63) is 72.3 Å². The van der Waals surface area contributed by atoms with Crippen molar-refractivity contribution in [3.63, 3.8) is 0 Å². The van der Waals surface area contributed by atoms with Gasteiger partial charge in [-0.05, 0) is 30.5 Å². The lowest BCUT2D eigenvalue weighted by Gasteiger charge is -2.27. The zero-order valence-electron chi connectivity index (χ0n) is 21.2. The zero-order valence-corrected chi connectivity index (χ0v) is 22.0. The molecule has 38 heavy (non-hydrogen) atoms. The molecule has 3 aromatic carbocycles. The highest BCUT2D eigenvalue weighted by atomic mass is 32.2. The average Bonchev–Trinajstić information content (AvgIpc) is 2.91. The molecule has 3 N–H and O–H groups in total. The Morgan fingerprint density at radius 1 is 0.868 bits per heavy atom. The summed E-state index contributed by atoms with van der Waals surface area (Å²) in [4.78, 5) is 26.8. The largest absolute Gasteiger partial charge is 0.378 e. The molecule has 2 aliphatic rings. The molecule has 9 heteroatoms. The minimum atomic E-state index is -3.78. The lowest BCUT2D eigenvalue weighted by atomic mass is 9.88. The molecule has 0 radical (unpaired) electrons. The molecule has 1 heterocycles. The number of carbonyl (C=O) groups excluding carboxylic acids is 2. The summed E-state index contributed by atoms with van der Waals surface area (Å²) in [6, 6.07) is 18.8. The van der Waals surface area contributed by atoms with Crippen LogP contribution in [0.15, 0.2) is 71.6 Å². The van der Waals surface area contributed by atoms with Gasteiger partial charge in [-0.1, -0.05) is 73.9 Å². The van der Waals surface area contributed by atoms with Gasteiger partial charge in [0.15, 0.2) is 0 Å². The van der Waals surface area contributed by atoms with Crippen LogP contribution < -0.4 is 15.4 Å². The molecule has 1 atom stereocenters. The van der Waals surface area contributed by atoms with E-state index in [2.05, 4.69) is 15.4 Å². The van der Waals surface area contributed by atoms with Crippen LogP contribution in [0.5, 0.6) is 0 Å². The number of ether oxygens (including phenoxy) is 1. The number of nitrogens with one attached hydrogen (secondary N) is 3. The SMILES string of the molecule is O=C(N[C@@H](Cc1ccccc1)C(=O)Nc1cccc2c(S(=O)(=O)NC3COC3)cccc12)C1CCCCC1. The number of fused-ring (bicyclic) bond motifs is 1. The number of carbonyl (C=O) groups is 2. The third kappa shape index (κ3) is 6.06. The van der Waals surface area contributed by atoms with Crippen LogP contribution in [0.4, 0.5) is 5.69 Å². The Labute approximate surface area is 223 Å². The van der Waals surface area contributed by atoms with Crippen LogP contribution in [0.1, 0.15) is 37.7 Å². The van der Waals surface area contributed by atoms with E-state index in [0.717, 1.165) is 37.7 Å². The number of anilines is 1. The summed E-state index contributed by atoms with van der Waals surface area (Å²) in [5, 5.41) is 7.08. The molecule has 0 bridgehead atoms. The first-order valence-corrected chi connectivity index (χ1v) is 14.7. The summed E-state index contributed by atoms with van der Waals surface area (Å²) in [7, 11) is -3.78. The van der Waals surface area contributed by atoms with E-state index in [4.69, 9.17) is 4.74 Å². The number of sulfonamides is 1. The van der Waals surface area contributed by atoms with Gasteiger partial charge in [0.25, 0.3) is 0 Å². The summed E-state index contributed by atoms with van der Waals surface area (Å²) in [5.41, 5.74) is 1.43. The van der Waals surface area contributed by atoms with Crippen molar-refractivity contribution in [1.82, 2.24) is 10.0 Å². The molecule has 2 fully saturated rings. The van der Waals surface area contributed by atoms with E-state index in [9.17, 15) is 18.0 Å². The monoisotopic (exact) mass is 535 g/mol. The van der Waals surface area contributed by atoms with E-state index in [-0.39, 0.29) is 28.7 Å². The first kappa shape index (κ1) is 26.3. The topological polar surface area (TPSA) is 114 Å². The Balaban J connectivity index is 1.40. The average molecular weight is 536 g/mol. The Hall–Kier alpha value is -3.27. The summed E-state index contributed by atoms with van der Waals surface area (Å²) in [6.07, 6.45) is 5.22. The predicted octanol–water partition coefficient (Wildman–Crippen LogP) is 3.76. The van der Waals surface area contributed by atoms with Crippen LogP contribution in [0.2, 0.25) is 0 Å². The lowest BCUT2D eigenvalue weighted by molar-refractivity contribution is -0.130. The van der Waals surface area contributed by atoms with Crippen LogP contribution in [0, 0.1) is 5.92 Å². The van der Waals surface area contributed by atoms with Crippen molar-refractivity contribution in [2.45, 2.75) is 55.5 Å². The number of hydrogen-bond donors (Lipinski definition) is 3. The van der Waals surface area contributed by atoms with Gasteiger partial charge in [0, 0.05) is 28.8 Å². The molecule has 1 saturated heterocycles. The van der Waals surface area contributed by atoms with Crippen molar-refractivity contribution in [2.75, 3.05) is 18.5 Å². The van der Waals surface area contributed by atoms with E-state index < -0.39 is 16.1 Å². The van der Waals surface area contributed by atoms with E-state index >= 15 is 0 Å². The number of hydrogen-bond acceptors (Lipinski definition) is 5. The number of amides is 2. The van der Waals surface area contributed by atoms with Gasteiger partial charge in [0.2, 0.25) is 21.8 Å². The molecule has 2 amide bonds. The highest BCUT2D eigenvalue weighted by molar-refractivity contribution is 7.89. The van der Waals surface area contributed by atoms with E-state index in [1.807, 2.05) is 30.3 Å². The molecule has 1 aliphatic heterocycles. The Kier molecular flexibility index (Phi) is 8.06. The fraction of sp³-hybridized carbons (Fsp3) is 0.379. The summed E-state index contributed by atoms with van der Waals surface area (Å²) >= 11 is 0. The van der Waals surface area contributed by atoms with Crippen LogP contribution in [0.25, 0.3) is 10.8 Å². The maximum atomic E-state index is 13.6. The highest BCUT2D eigenvalue weighted by Crippen LogP contribution is 2.30. The highest BCUT2D eigenvalue weighted by Gasteiger charge is 2.29. The molecule has 0 unspecified atom stereocenters. The second-order valence-electron chi connectivity index (χ2n) is 10.1. The normalized spacial score (nSPS) is 17.5. The number of rotatable bonds is 9. The van der Waals surface area contributed by atoms with E-state index in [0.29, 0.717) is 36.1 Å². The van der Waals surface area contributed by atoms with Gasteiger partial charge in [-0.3, -0.25) is 9.59 Å². The third-order valence-corrected chi connectivity index (χ3v) is 8.86. The molecule has 3 aromatic rings. The van der Waals surface area contributed by atoms with Gasteiger partial charge in [-0.15, -0.1) is 0 Å². The quantitative estimate of drug-likeness (QED) is 0.386. The van der Waals surface area contributed by atoms with Gasteiger partial charge in [0.05, 0.1) is 24.2 Å². The van der Waals surface area contributed by atoms with Crippen molar-refractivity contribution in [1.29, 1.82) is 0 Å². The predicted molar refractivity (Wildman–Crippen MR) is 146 cm³/mol. The molecule has 5 rings (SSSR count). The van der Waals surface area contributed by atoms with Crippen molar-refractivity contribution < 1.29 is 22.7 Å². The summed E-state index contributed by atoms with van der Waals surface area (Å²) in [5.74, 6) is -0.504. The van der Waals surface area contributed by atoms with Gasteiger partial charge >= 0.3 is 0 Å². The first-order valence-electron chi connectivity index (χ1n) is 13.2. The van der Waals surface area contributed by atoms with Crippen LogP contribution in [-0.2, 0) is 30.8 Å². The van der Waals surface area contributed by atoms with Crippen molar-refractivity contribution >= 4 is 38.3 Å². The Morgan fingerprint density at radius 3 is 2.29 bits per heavy atom. The molecule has 8 nitrogen and oxygen atoms in total. The molecule has 200 valence electrons. The smallest absolute Gasteiger partial charge is 0.247 e. The van der Waals surface area contributed by atoms with Crippen molar-refractivity contribution in [2.24, 2.45) is 5.92 Å². The van der Waals surface area contributed by atoms with Gasteiger partial charge < -0.3 is 15.4 Å². The molecular weight excluding hydrogens is 502 g/mol.